The zero-order valence-electron chi connectivity index (χ0n) is 6.97. The fourth-order valence-corrected chi connectivity index (χ4v) is 1.40. The molecule has 1 N–H and O–H groups in total. The third kappa shape index (κ3) is 2.06. The minimum Gasteiger partial charge on any atom is -0.478 e. The van der Waals surface area contributed by atoms with E-state index in [1.165, 1.54) is 6.07 Å². The first-order chi connectivity index (χ1) is 6.06. The van der Waals surface area contributed by atoms with Crippen molar-refractivity contribution in [3.63, 3.8) is 0 Å². The van der Waals surface area contributed by atoms with Crippen LogP contribution in [0.3, 0.4) is 0 Å². The quantitative estimate of drug-likeness (QED) is 0.816. The van der Waals surface area contributed by atoms with E-state index in [2.05, 4.69) is 15.9 Å². The van der Waals surface area contributed by atoms with Gasteiger partial charge in [0.25, 0.3) is 0 Å². The first-order valence-electron chi connectivity index (χ1n) is 3.64. The Kier molecular flexibility index (Phi) is 3.03. The second-order valence-corrected chi connectivity index (χ2v) is 3.27. The molecule has 0 unspecified atom stereocenters. The van der Waals surface area contributed by atoms with Crippen LogP contribution in [0.4, 0.5) is 4.39 Å². The Bertz CT molecular complexity index is 350. The Labute approximate surface area is 83.5 Å². The van der Waals surface area contributed by atoms with Gasteiger partial charge in [-0.3, -0.25) is 0 Å². The number of carboxylic acid groups (broad SMARTS) is 1. The first-order valence-corrected chi connectivity index (χ1v) is 4.76. The summed E-state index contributed by atoms with van der Waals surface area (Å²) in [5.41, 5.74) is 0.847. The molecular weight excluding hydrogens is 239 g/mol. The van der Waals surface area contributed by atoms with Crippen LogP contribution in [-0.4, -0.2) is 11.1 Å². The van der Waals surface area contributed by atoms with Gasteiger partial charge >= 0.3 is 5.97 Å². The van der Waals surface area contributed by atoms with Crippen LogP contribution in [-0.2, 0) is 5.33 Å². The third-order valence-electron chi connectivity index (χ3n) is 1.70. The van der Waals surface area contributed by atoms with Crippen molar-refractivity contribution in [2.45, 2.75) is 12.3 Å². The molecule has 0 saturated carbocycles. The average Bonchev–Trinajstić information content (AvgIpc) is 2.09. The highest BCUT2D eigenvalue weighted by atomic mass is 79.9. The van der Waals surface area contributed by atoms with E-state index in [0.717, 1.165) is 5.56 Å². The Morgan fingerprint density at radius 3 is 2.69 bits per heavy atom. The summed E-state index contributed by atoms with van der Waals surface area (Å²) < 4.78 is 13.2. The van der Waals surface area contributed by atoms with Crippen LogP contribution in [0.1, 0.15) is 21.5 Å². The predicted octanol–water partition coefficient (Wildman–Crippen LogP) is 2.73. The lowest BCUT2D eigenvalue weighted by Gasteiger charge is -2.03. The zero-order chi connectivity index (χ0) is 10.0. The van der Waals surface area contributed by atoms with E-state index in [4.69, 9.17) is 5.11 Å². The van der Waals surface area contributed by atoms with E-state index in [1.807, 2.05) is 0 Å². The maximum absolute atomic E-state index is 13.2. The van der Waals surface area contributed by atoms with E-state index >= 15 is 0 Å². The van der Waals surface area contributed by atoms with Gasteiger partial charge in [-0.1, -0.05) is 22.0 Å². The van der Waals surface area contributed by atoms with Crippen LogP contribution in [0.25, 0.3) is 0 Å². The van der Waals surface area contributed by atoms with Crippen molar-refractivity contribution in [2.24, 2.45) is 0 Å². The van der Waals surface area contributed by atoms with Crippen molar-refractivity contribution in [1.82, 2.24) is 0 Å². The molecule has 1 rings (SSSR count). The van der Waals surface area contributed by atoms with Crippen LogP contribution in [0.2, 0.25) is 0 Å². The van der Waals surface area contributed by atoms with Crippen molar-refractivity contribution in [3.8, 4) is 0 Å². The number of hydrogen-bond donors (Lipinski definition) is 1. The second-order valence-electron chi connectivity index (χ2n) is 2.71. The Morgan fingerprint density at radius 1 is 1.62 bits per heavy atom. The molecule has 0 saturated heterocycles. The van der Waals surface area contributed by atoms with Gasteiger partial charge in [-0.15, -0.1) is 0 Å². The van der Waals surface area contributed by atoms with E-state index in [1.54, 1.807) is 13.0 Å². The molecule has 70 valence electrons. The Balaban J connectivity index is 3.33. The molecule has 0 amide bonds. The monoisotopic (exact) mass is 246 g/mol. The summed E-state index contributed by atoms with van der Waals surface area (Å²) in [6.45, 7) is 1.55. The number of rotatable bonds is 2. The highest BCUT2D eigenvalue weighted by Crippen LogP contribution is 2.17. The molecule has 1 aromatic rings. The fraction of sp³-hybridized carbons (Fsp3) is 0.222. The normalized spacial score (nSPS) is 10.1. The molecule has 0 aromatic heterocycles. The average molecular weight is 247 g/mol. The van der Waals surface area contributed by atoms with Crippen molar-refractivity contribution >= 4 is 21.9 Å². The van der Waals surface area contributed by atoms with Gasteiger partial charge in [0, 0.05) is 5.33 Å². The molecule has 13 heavy (non-hydrogen) atoms. The Morgan fingerprint density at radius 2 is 2.23 bits per heavy atom. The topological polar surface area (TPSA) is 37.3 Å². The van der Waals surface area contributed by atoms with Crippen molar-refractivity contribution in [1.29, 1.82) is 0 Å². The number of carboxylic acids is 1. The molecule has 1 aromatic carbocycles. The molecule has 0 aliphatic carbocycles. The highest BCUT2D eigenvalue weighted by molar-refractivity contribution is 9.08. The van der Waals surface area contributed by atoms with Crippen LogP contribution in [0, 0.1) is 12.7 Å². The van der Waals surface area contributed by atoms with Crippen LogP contribution < -0.4 is 0 Å². The minimum absolute atomic E-state index is 0.269. The third-order valence-corrected chi connectivity index (χ3v) is 2.35. The summed E-state index contributed by atoms with van der Waals surface area (Å²) in [7, 11) is 0. The standard InChI is InChI=1S/C9H8BrFO2/c1-5-2-6(4-10)3-7(8(5)11)9(12)13/h2-3H,4H2,1H3,(H,12,13). The lowest BCUT2D eigenvalue weighted by atomic mass is 10.1. The second kappa shape index (κ2) is 3.87. The summed E-state index contributed by atoms with van der Waals surface area (Å²) in [5, 5.41) is 9.18. The summed E-state index contributed by atoms with van der Waals surface area (Å²) in [6.07, 6.45) is 0. The number of alkyl halides is 1. The lowest BCUT2D eigenvalue weighted by molar-refractivity contribution is 0.0691. The lowest BCUT2D eigenvalue weighted by Crippen LogP contribution is -2.03. The van der Waals surface area contributed by atoms with Gasteiger partial charge in [0.1, 0.15) is 5.82 Å². The van der Waals surface area contributed by atoms with E-state index in [0.29, 0.717) is 10.9 Å². The molecule has 0 aliphatic heterocycles. The van der Waals surface area contributed by atoms with Crippen LogP contribution in [0.5, 0.6) is 0 Å². The Hall–Kier alpha value is -0.900. The van der Waals surface area contributed by atoms with Gasteiger partial charge < -0.3 is 5.11 Å². The number of aryl methyl sites for hydroxylation is 1. The van der Waals surface area contributed by atoms with Gasteiger partial charge in [0.05, 0.1) is 5.56 Å². The van der Waals surface area contributed by atoms with Crippen molar-refractivity contribution in [3.05, 3.63) is 34.6 Å². The number of aromatic carboxylic acids is 1. The number of hydrogen-bond acceptors (Lipinski definition) is 1. The van der Waals surface area contributed by atoms with Crippen molar-refractivity contribution in [2.75, 3.05) is 0 Å². The molecule has 0 heterocycles. The molecule has 0 bridgehead atoms. The number of benzene rings is 1. The summed E-state index contributed by atoms with van der Waals surface area (Å²) in [6, 6.07) is 2.95. The molecule has 0 radical (unpaired) electrons. The van der Waals surface area contributed by atoms with Gasteiger partial charge in [0.2, 0.25) is 0 Å². The van der Waals surface area contributed by atoms with E-state index < -0.39 is 11.8 Å². The maximum Gasteiger partial charge on any atom is 0.338 e. The molecule has 0 atom stereocenters. The molecule has 0 spiro atoms. The zero-order valence-corrected chi connectivity index (χ0v) is 8.56. The molecule has 0 aliphatic rings. The molecule has 4 heteroatoms. The largest absolute Gasteiger partial charge is 0.478 e. The molecular formula is C9H8BrFO2. The van der Waals surface area contributed by atoms with Crippen molar-refractivity contribution < 1.29 is 14.3 Å². The highest BCUT2D eigenvalue weighted by Gasteiger charge is 2.13. The van der Waals surface area contributed by atoms with Gasteiger partial charge in [-0.05, 0) is 24.1 Å². The van der Waals surface area contributed by atoms with E-state index in [9.17, 15) is 9.18 Å². The predicted molar refractivity (Wildman–Crippen MR) is 50.7 cm³/mol. The molecule has 0 fully saturated rings. The SMILES string of the molecule is Cc1cc(CBr)cc(C(=O)O)c1F. The first kappa shape index (κ1) is 10.2. The van der Waals surface area contributed by atoms with Crippen LogP contribution >= 0.6 is 15.9 Å². The summed E-state index contributed by atoms with van der Waals surface area (Å²) in [4.78, 5) is 10.6. The van der Waals surface area contributed by atoms with E-state index in [-0.39, 0.29) is 5.56 Å². The number of carbonyl (C=O) groups is 1. The van der Waals surface area contributed by atoms with Gasteiger partial charge in [-0.25, -0.2) is 9.18 Å². The fourth-order valence-electron chi connectivity index (χ4n) is 1.08. The van der Waals surface area contributed by atoms with Crippen LogP contribution in [0.15, 0.2) is 12.1 Å². The smallest absolute Gasteiger partial charge is 0.338 e. The summed E-state index contributed by atoms with van der Waals surface area (Å²) in [5.74, 6) is -1.89. The maximum atomic E-state index is 13.2. The number of halogens is 2. The van der Waals surface area contributed by atoms with Gasteiger partial charge in [-0.2, -0.15) is 0 Å². The summed E-state index contributed by atoms with van der Waals surface area (Å²) >= 11 is 3.18. The minimum atomic E-state index is -1.23. The van der Waals surface area contributed by atoms with Gasteiger partial charge in [0.15, 0.2) is 0 Å². The molecule has 2 nitrogen and oxygen atoms in total.